The van der Waals surface area contributed by atoms with E-state index in [1.165, 1.54) is 32.1 Å². The number of allylic oxidation sites excluding steroid dienone is 1. The summed E-state index contributed by atoms with van der Waals surface area (Å²) in [7, 11) is 0. The van der Waals surface area contributed by atoms with Crippen molar-refractivity contribution in [2.75, 3.05) is 5.33 Å². The molecule has 0 aromatic carbocycles. The molecule has 0 aliphatic carbocycles. The lowest BCUT2D eigenvalue weighted by molar-refractivity contribution is -0.144. The van der Waals surface area contributed by atoms with Crippen molar-refractivity contribution >= 4 is 27.7 Å². The minimum absolute atomic E-state index is 0.149. The fraction of sp³-hybridized carbons (Fsp3) is 0.800. The molecule has 0 heterocycles. The normalized spacial score (nSPS) is 12.5. The Balaban J connectivity index is 3.80. The molecular formula is C20H35BrO3. The lowest BCUT2D eigenvalue weighted by Crippen LogP contribution is -2.17. The standard InChI is InChI=1S/C20H35BrO3/c1-3-5-6-7-8-9-10-11-14-20(23)24-19(4-2)16-15-18(22)13-12-17-21/h11,14,19H,3-10,12-13,15-17H2,1-2H3/b14-11+. The number of alkyl halides is 1. The highest BCUT2D eigenvalue weighted by Gasteiger charge is 2.12. The highest BCUT2D eigenvalue weighted by molar-refractivity contribution is 9.09. The van der Waals surface area contributed by atoms with Gasteiger partial charge >= 0.3 is 5.97 Å². The SMILES string of the molecule is CCCCCCCC/C=C/C(=O)OC(CC)CCC(=O)CCCBr. The van der Waals surface area contributed by atoms with Crippen molar-refractivity contribution in [1.82, 2.24) is 0 Å². The second-order valence-electron chi connectivity index (χ2n) is 6.30. The molecule has 0 saturated heterocycles. The summed E-state index contributed by atoms with van der Waals surface area (Å²) in [5.41, 5.74) is 0. The molecule has 0 aliphatic rings. The molecule has 24 heavy (non-hydrogen) atoms. The summed E-state index contributed by atoms with van der Waals surface area (Å²) in [5, 5.41) is 0.855. The largest absolute Gasteiger partial charge is 0.459 e. The van der Waals surface area contributed by atoms with Crippen LogP contribution < -0.4 is 0 Å². The van der Waals surface area contributed by atoms with Gasteiger partial charge in [-0.05, 0) is 32.1 Å². The summed E-state index contributed by atoms with van der Waals surface area (Å²) in [6.07, 6.45) is 15.2. The zero-order chi connectivity index (χ0) is 18.0. The topological polar surface area (TPSA) is 43.4 Å². The molecule has 3 nitrogen and oxygen atoms in total. The molecule has 0 radical (unpaired) electrons. The van der Waals surface area contributed by atoms with E-state index < -0.39 is 0 Å². The number of carbonyl (C=O) groups excluding carboxylic acids is 2. The number of Topliss-reactive ketones (excluding diaryl/α,β-unsaturated/α-hetero) is 1. The molecule has 0 aromatic rings. The zero-order valence-corrected chi connectivity index (χ0v) is 17.1. The van der Waals surface area contributed by atoms with Crippen molar-refractivity contribution in [1.29, 1.82) is 0 Å². The Morgan fingerprint density at radius 1 is 1.00 bits per heavy atom. The van der Waals surface area contributed by atoms with Crippen LogP contribution in [-0.2, 0) is 14.3 Å². The summed E-state index contributed by atoms with van der Waals surface area (Å²) < 4.78 is 5.43. The predicted molar refractivity (Wildman–Crippen MR) is 105 cm³/mol. The Bertz CT molecular complexity index is 353. The molecule has 0 rings (SSSR count). The van der Waals surface area contributed by atoms with Crippen LogP contribution in [0.1, 0.15) is 90.9 Å². The van der Waals surface area contributed by atoms with Crippen LogP contribution in [0.25, 0.3) is 0 Å². The van der Waals surface area contributed by atoms with E-state index in [-0.39, 0.29) is 17.9 Å². The first kappa shape index (κ1) is 23.4. The molecule has 1 unspecified atom stereocenters. The molecule has 140 valence electrons. The number of rotatable bonds is 16. The molecule has 0 aliphatic heterocycles. The maximum atomic E-state index is 11.8. The highest BCUT2D eigenvalue weighted by atomic mass is 79.9. The summed E-state index contributed by atoms with van der Waals surface area (Å²) in [6.45, 7) is 4.21. The molecule has 0 N–H and O–H groups in total. The third kappa shape index (κ3) is 14.9. The smallest absolute Gasteiger partial charge is 0.330 e. The molecule has 0 spiro atoms. The molecule has 0 amide bonds. The van der Waals surface area contributed by atoms with Crippen LogP contribution in [0.5, 0.6) is 0 Å². The van der Waals surface area contributed by atoms with Gasteiger partial charge in [-0.25, -0.2) is 4.79 Å². The molecule has 0 fully saturated rings. The number of ketones is 1. The quantitative estimate of drug-likeness (QED) is 0.135. The second-order valence-corrected chi connectivity index (χ2v) is 7.09. The van der Waals surface area contributed by atoms with E-state index in [9.17, 15) is 9.59 Å². The van der Waals surface area contributed by atoms with Gasteiger partial charge in [0.15, 0.2) is 0 Å². The Morgan fingerprint density at radius 2 is 1.71 bits per heavy atom. The number of carbonyl (C=O) groups is 2. The van der Waals surface area contributed by atoms with Crippen LogP contribution in [0.2, 0.25) is 0 Å². The van der Waals surface area contributed by atoms with E-state index in [0.717, 1.165) is 31.0 Å². The maximum absolute atomic E-state index is 11.8. The zero-order valence-electron chi connectivity index (χ0n) is 15.5. The maximum Gasteiger partial charge on any atom is 0.330 e. The highest BCUT2D eigenvalue weighted by Crippen LogP contribution is 2.11. The lowest BCUT2D eigenvalue weighted by atomic mass is 10.1. The Morgan fingerprint density at radius 3 is 2.38 bits per heavy atom. The van der Waals surface area contributed by atoms with Crippen LogP contribution in [-0.4, -0.2) is 23.2 Å². The predicted octanol–water partition coefficient (Wildman–Crippen LogP) is 6.14. The fourth-order valence-electron chi connectivity index (χ4n) is 2.48. The second kappa shape index (κ2) is 17.2. The van der Waals surface area contributed by atoms with Gasteiger partial charge in [-0.2, -0.15) is 0 Å². The summed E-state index contributed by atoms with van der Waals surface area (Å²) in [4.78, 5) is 23.5. The van der Waals surface area contributed by atoms with Gasteiger partial charge in [-0.3, -0.25) is 4.79 Å². The van der Waals surface area contributed by atoms with E-state index in [2.05, 4.69) is 22.9 Å². The first-order valence-corrected chi connectivity index (χ1v) is 10.7. The Hall–Kier alpha value is -0.640. The van der Waals surface area contributed by atoms with Crippen molar-refractivity contribution in [2.45, 2.75) is 97.0 Å². The van der Waals surface area contributed by atoms with Gasteiger partial charge in [0.2, 0.25) is 0 Å². The van der Waals surface area contributed by atoms with Gasteiger partial charge in [0, 0.05) is 24.2 Å². The van der Waals surface area contributed by atoms with Crippen molar-refractivity contribution < 1.29 is 14.3 Å². The van der Waals surface area contributed by atoms with Crippen LogP contribution >= 0.6 is 15.9 Å². The number of unbranched alkanes of at least 4 members (excludes halogenated alkanes) is 6. The number of hydrogen-bond donors (Lipinski definition) is 0. The average molecular weight is 403 g/mol. The van der Waals surface area contributed by atoms with Crippen molar-refractivity contribution in [2.24, 2.45) is 0 Å². The molecule has 1 atom stereocenters. The lowest BCUT2D eigenvalue weighted by Gasteiger charge is -2.14. The van der Waals surface area contributed by atoms with Gasteiger partial charge < -0.3 is 4.74 Å². The van der Waals surface area contributed by atoms with Crippen molar-refractivity contribution in [3.8, 4) is 0 Å². The van der Waals surface area contributed by atoms with E-state index in [1.54, 1.807) is 6.08 Å². The molecular weight excluding hydrogens is 368 g/mol. The van der Waals surface area contributed by atoms with Crippen LogP contribution in [0.3, 0.4) is 0 Å². The molecule has 0 bridgehead atoms. The Kier molecular flexibility index (Phi) is 16.7. The summed E-state index contributed by atoms with van der Waals surface area (Å²) in [5.74, 6) is -0.0247. The number of ether oxygens (including phenoxy) is 1. The van der Waals surface area contributed by atoms with Gasteiger partial charge in [0.05, 0.1) is 0 Å². The first-order valence-electron chi connectivity index (χ1n) is 9.58. The molecule has 0 saturated carbocycles. The molecule has 0 aromatic heterocycles. The average Bonchev–Trinajstić information content (AvgIpc) is 2.58. The molecule has 4 heteroatoms. The minimum Gasteiger partial charge on any atom is -0.459 e. The van der Waals surface area contributed by atoms with Crippen molar-refractivity contribution in [3.63, 3.8) is 0 Å². The number of esters is 1. The fourth-order valence-corrected chi connectivity index (χ4v) is 2.76. The van der Waals surface area contributed by atoms with Crippen molar-refractivity contribution in [3.05, 3.63) is 12.2 Å². The minimum atomic E-state index is -0.277. The number of halogens is 1. The first-order chi connectivity index (χ1) is 11.6. The van der Waals surface area contributed by atoms with Gasteiger partial charge in [0.25, 0.3) is 0 Å². The van der Waals surface area contributed by atoms with E-state index >= 15 is 0 Å². The van der Waals surface area contributed by atoms with Gasteiger partial charge in [-0.1, -0.05) is 68.0 Å². The number of hydrogen-bond acceptors (Lipinski definition) is 3. The third-order valence-corrected chi connectivity index (χ3v) is 4.61. The van der Waals surface area contributed by atoms with Crippen LogP contribution in [0.15, 0.2) is 12.2 Å². The van der Waals surface area contributed by atoms with E-state index in [4.69, 9.17) is 4.74 Å². The van der Waals surface area contributed by atoms with Gasteiger partial charge in [-0.15, -0.1) is 0 Å². The third-order valence-electron chi connectivity index (χ3n) is 4.05. The van der Waals surface area contributed by atoms with Crippen LogP contribution in [0, 0.1) is 0 Å². The Labute approximate surface area is 156 Å². The summed E-state index contributed by atoms with van der Waals surface area (Å²) >= 11 is 3.33. The van der Waals surface area contributed by atoms with Crippen LogP contribution in [0.4, 0.5) is 0 Å². The summed E-state index contributed by atoms with van der Waals surface area (Å²) in [6, 6.07) is 0. The monoisotopic (exact) mass is 402 g/mol. The van der Waals surface area contributed by atoms with Gasteiger partial charge in [0.1, 0.15) is 11.9 Å². The van der Waals surface area contributed by atoms with E-state index in [0.29, 0.717) is 19.3 Å². The van der Waals surface area contributed by atoms with E-state index in [1.807, 2.05) is 13.0 Å².